The van der Waals surface area contributed by atoms with Crippen molar-refractivity contribution in [2.24, 2.45) is 4.99 Å². The van der Waals surface area contributed by atoms with Gasteiger partial charge in [0.05, 0.1) is 0 Å². The second kappa shape index (κ2) is 5.78. The topological polar surface area (TPSA) is 53.2 Å². The van der Waals surface area contributed by atoms with E-state index in [0.717, 1.165) is 0 Å². The number of benzene rings is 1. The van der Waals surface area contributed by atoms with Crippen molar-refractivity contribution >= 4 is 29.7 Å². The third-order valence-electron chi connectivity index (χ3n) is 1.98. The molecule has 0 aromatic heterocycles. The van der Waals surface area contributed by atoms with Gasteiger partial charge in [0, 0.05) is 22.4 Å². The Kier molecular flexibility index (Phi) is 4.38. The van der Waals surface area contributed by atoms with Gasteiger partial charge in [-0.1, -0.05) is 36.9 Å². The molecule has 0 N–H and O–H groups in total. The molecule has 0 bridgehead atoms. The summed E-state index contributed by atoms with van der Waals surface area (Å²) in [4.78, 5) is 14.3. The van der Waals surface area contributed by atoms with E-state index in [-0.39, 0.29) is 5.70 Å². The van der Waals surface area contributed by atoms with Crippen molar-refractivity contribution in [3.8, 4) is 6.07 Å². The summed E-state index contributed by atoms with van der Waals surface area (Å²) in [5.41, 5.74) is 1.78. The lowest BCUT2D eigenvalue weighted by Gasteiger charge is -2.03. The van der Waals surface area contributed by atoms with Crippen LogP contribution in [-0.2, 0) is 0 Å². The minimum absolute atomic E-state index is 0.0896. The molecule has 3 nitrogen and oxygen atoms in total. The number of rotatable bonds is 4. The average Bonchev–Trinajstić information content (AvgIpc) is 2.35. The number of nitrogens with zero attached hydrogens (tertiary/aromatic N) is 2. The Hall–Kier alpha value is -2.18. The van der Waals surface area contributed by atoms with Crippen LogP contribution in [0.5, 0.6) is 0 Å². The van der Waals surface area contributed by atoms with E-state index in [0.29, 0.717) is 28.0 Å². The number of aldehydes is 1. The molecule has 0 aliphatic carbocycles. The van der Waals surface area contributed by atoms with Gasteiger partial charge in [0.1, 0.15) is 18.1 Å². The lowest BCUT2D eigenvalue weighted by Crippen LogP contribution is -1.89. The summed E-state index contributed by atoms with van der Waals surface area (Å²) in [5, 5.41) is 8.89. The van der Waals surface area contributed by atoms with Crippen LogP contribution < -0.4 is 0 Å². The van der Waals surface area contributed by atoms with Crippen molar-refractivity contribution in [2.75, 3.05) is 0 Å². The van der Waals surface area contributed by atoms with Crippen LogP contribution in [0.4, 0.5) is 0 Å². The van der Waals surface area contributed by atoms with Crippen molar-refractivity contribution in [1.82, 2.24) is 0 Å². The Balaban J connectivity index is 2.98. The fraction of sp³-hybridized carbons (Fsp3) is 0. The van der Waals surface area contributed by atoms with Crippen LogP contribution in [-0.4, -0.2) is 12.5 Å². The minimum Gasteiger partial charge on any atom is -0.298 e. The average molecular weight is 245 g/mol. The Bertz CT molecular complexity index is 553. The SMILES string of the molecule is C=C(C#N)N=CC(=C)c1ccc(C=O)cc1Cl. The standard InChI is InChI=1S/C13H9ClN2O/c1-9(7-16-10(2)6-15)12-4-3-11(8-17)5-13(12)14/h3-5,7-8H,1-2H2. The highest BCUT2D eigenvalue weighted by Crippen LogP contribution is 2.22. The highest BCUT2D eigenvalue weighted by atomic mass is 35.5. The molecule has 0 fully saturated rings. The summed E-state index contributed by atoms with van der Waals surface area (Å²) >= 11 is 5.98. The van der Waals surface area contributed by atoms with Gasteiger partial charge in [-0.25, -0.2) is 4.99 Å². The van der Waals surface area contributed by atoms with Crippen molar-refractivity contribution < 1.29 is 4.79 Å². The molecule has 0 unspecified atom stereocenters. The van der Waals surface area contributed by atoms with Gasteiger partial charge in [-0.15, -0.1) is 0 Å². The van der Waals surface area contributed by atoms with Crippen molar-refractivity contribution in [3.05, 3.63) is 53.2 Å². The Morgan fingerprint density at radius 3 is 2.71 bits per heavy atom. The Labute approximate surface area is 104 Å². The first-order valence-corrected chi connectivity index (χ1v) is 5.03. The molecule has 84 valence electrons. The lowest BCUT2D eigenvalue weighted by atomic mass is 10.1. The number of hydrogen-bond acceptors (Lipinski definition) is 3. The first-order valence-electron chi connectivity index (χ1n) is 4.65. The second-order valence-corrected chi connectivity index (χ2v) is 3.61. The molecule has 17 heavy (non-hydrogen) atoms. The molecule has 1 aromatic carbocycles. The zero-order valence-corrected chi connectivity index (χ0v) is 9.74. The highest BCUT2D eigenvalue weighted by molar-refractivity contribution is 6.34. The number of halogens is 1. The van der Waals surface area contributed by atoms with Crippen molar-refractivity contribution in [3.63, 3.8) is 0 Å². The van der Waals surface area contributed by atoms with E-state index >= 15 is 0 Å². The molecule has 1 rings (SSSR count). The van der Waals surface area contributed by atoms with E-state index in [2.05, 4.69) is 18.2 Å². The predicted octanol–water partition coefficient (Wildman–Crippen LogP) is 3.27. The van der Waals surface area contributed by atoms with E-state index in [1.54, 1.807) is 24.3 Å². The van der Waals surface area contributed by atoms with E-state index in [9.17, 15) is 4.79 Å². The van der Waals surface area contributed by atoms with Crippen molar-refractivity contribution in [1.29, 1.82) is 5.26 Å². The molecule has 0 aliphatic heterocycles. The molecule has 1 aromatic rings. The molecule has 4 heteroatoms. The van der Waals surface area contributed by atoms with Gasteiger partial charge in [0.2, 0.25) is 0 Å². The van der Waals surface area contributed by atoms with Crippen LogP contribution in [0.2, 0.25) is 5.02 Å². The molecule has 0 heterocycles. The number of carbonyl (C=O) groups excluding carboxylic acids is 1. The van der Waals surface area contributed by atoms with E-state index in [1.807, 2.05) is 0 Å². The molecule has 0 saturated carbocycles. The number of allylic oxidation sites excluding steroid dienone is 2. The normalized spacial score (nSPS) is 9.88. The summed E-state index contributed by atoms with van der Waals surface area (Å²) in [6.07, 6.45) is 2.12. The molecule has 0 aliphatic rings. The molecule has 0 spiro atoms. The van der Waals surface area contributed by atoms with Gasteiger partial charge in [-0.3, -0.25) is 4.79 Å². The largest absolute Gasteiger partial charge is 0.298 e. The Morgan fingerprint density at radius 2 is 2.18 bits per heavy atom. The number of hydrogen-bond donors (Lipinski definition) is 0. The zero-order valence-electron chi connectivity index (χ0n) is 8.98. The summed E-state index contributed by atoms with van der Waals surface area (Å²) < 4.78 is 0. The summed E-state index contributed by atoms with van der Waals surface area (Å²) in [7, 11) is 0. The van der Waals surface area contributed by atoms with Crippen LogP contribution in [0.1, 0.15) is 15.9 Å². The van der Waals surface area contributed by atoms with E-state index in [1.165, 1.54) is 6.21 Å². The smallest absolute Gasteiger partial charge is 0.150 e. The minimum atomic E-state index is 0.0896. The maximum absolute atomic E-state index is 10.5. The van der Waals surface area contributed by atoms with Crippen LogP contribution in [0.15, 0.2) is 42.0 Å². The Morgan fingerprint density at radius 1 is 1.47 bits per heavy atom. The summed E-state index contributed by atoms with van der Waals surface area (Å²) in [6.45, 7) is 7.18. The monoisotopic (exact) mass is 244 g/mol. The lowest BCUT2D eigenvalue weighted by molar-refractivity contribution is 0.112. The molecular weight excluding hydrogens is 236 g/mol. The molecule has 0 atom stereocenters. The van der Waals surface area contributed by atoms with Crippen LogP contribution in [0.3, 0.4) is 0 Å². The second-order valence-electron chi connectivity index (χ2n) is 3.20. The van der Waals surface area contributed by atoms with Gasteiger partial charge in [0.25, 0.3) is 0 Å². The maximum atomic E-state index is 10.5. The van der Waals surface area contributed by atoms with Gasteiger partial charge in [-0.2, -0.15) is 5.26 Å². The predicted molar refractivity (Wildman–Crippen MR) is 69.1 cm³/mol. The van der Waals surface area contributed by atoms with Gasteiger partial charge >= 0.3 is 0 Å². The van der Waals surface area contributed by atoms with Crippen LogP contribution in [0.25, 0.3) is 5.57 Å². The van der Waals surface area contributed by atoms with Crippen molar-refractivity contribution in [2.45, 2.75) is 0 Å². The van der Waals surface area contributed by atoms with E-state index < -0.39 is 0 Å². The van der Waals surface area contributed by atoms with Gasteiger partial charge in [-0.05, 0) is 11.6 Å². The van der Waals surface area contributed by atoms with Gasteiger partial charge < -0.3 is 0 Å². The number of nitriles is 1. The number of aliphatic imine (C=N–C) groups is 1. The van der Waals surface area contributed by atoms with E-state index in [4.69, 9.17) is 16.9 Å². The fourth-order valence-corrected chi connectivity index (χ4v) is 1.43. The molecule has 0 radical (unpaired) electrons. The van der Waals surface area contributed by atoms with Crippen LogP contribution in [0, 0.1) is 11.3 Å². The molecule has 0 amide bonds. The molecular formula is C13H9ClN2O. The highest BCUT2D eigenvalue weighted by Gasteiger charge is 2.03. The summed E-state index contributed by atoms with van der Waals surface area (Å²) in [6, 6.07) is 6.64. The fourth-order valence-electron chi connectivity index (χ4n) is 1.12. The first kappa shape index (κ1) is 12.9. The van der Waals surface area contributed by atoms with Crippen LogP contribution >= 0.6 is 11.6 Å². The summed E-state index contributed by atoms with van der Waals surface area (Å²) in [5.74, 6) is 0. The first-order chi connectivity index (χ1) is 8.08. The third kappa shape index (κ3) is 3.40. The van der Waals surface area contributed by atoms with Gasteiger partial charge in [0.15, 0.2) is 0 Å². The number of carbonyl (C=O) groups is 1. The third-order valence-corrected chi connectivity index (χ3v) is 2.29. The molecule has 0 saturated heterocycles. The zero-order chi connectivity index (χ0) is 12.8. The maximum Gasteiger partial charge on any atom is 0.150 e. The quantitative estimate of drug-likeness (QED) is 0.464.